The van der Waals surface area contributed by atoms with E-state index in [-0.39, 0.29) is 24.4 Å². The number of rotatable bonds is 5. The molecule has 1 saturated heterocycles. The fraction of sp³-hybridized carbons (Fsp3) is 0.462. The zero-order valence-corrected chi connectivity index (χ0v) is 10.3. The lowest BCUT2D eigenvalue weighted by Gasteiger charge is -2.11. The maximum atomic E-state index is 12.9. The predicted molar refractivity (Wildman–Crippen MR) is 63.8 cm³/mol. The largest absolute Gasteiger partial charge is 0.484 e. The van der Waals surface area contributed by atoms with Crippen LogP contribution in [0.5, 0.6) is 5.75 Å². The van der Waals surface area contributed by atoms with Crippen LogP contribution in [0.15, 0.2) is 18.2 Å². The van der Waals surface area contributed by atoms with Gasteiger partial charge in [0.2, 0.25) is 0 Å². The molecule has 104 valence electrons. The molecule has 1 aromatic rings. The van der Waals surface area contributed by atoms with Crippen molar-refractivity contribution in [3.05, 3.63) is 29.8 Å². The summed E-state index contributed by atoms with van der Waals surface area (Å²) in [5.74, 6) is -1.84. The minimum atomic E-state index is -0.741. The fourth-order valence-corrected chi connectivity index (χ4v) is 1.84. The van der Waals surface area contributed by atoms with Gasteiger partial charge in [0.25, 0.3) is 5.91 Å². The maximum Gasteiger partial charge on any atom is 0.258 e. The fourth-order valence-electron chi connectivity index (χ4n) is 1.84. The summed E-state index contributed by atoms with van der Waals surface area (Å²) in [6, 6.07) is 2.79. The Hall–Kier alpha value is -1.69. The summed E-state index contributed by atoms with van der Waals surface area (Å²) >= 11 is 0. The Bertz CT molecular complexity index is 427. The maximum absolute atomic E-state index is 12.9. The molecule has 1 heterocycles. The van der Waals surface area contributed by atoms with Crippen molar-refractivity contribution < 1.29 is 23.0 Å². The Morgan fingerprint density at radius 3 is 2.74 bits per heavy atom. The SMILES string of the molecule is O=C(COc1cc(F)cc(F)c1)NCC1CCCO1. The van der Waals surface area contributed by atoms with Gasteiger partial charge in [0, 0.05) is 31.4 Å². The number of amides is 1. The van der Waals surface area contributed by atoms with E-state index in [1.165, 1.54) is 0 Å². The number of carbonyl (C=O) groups excluding carboxylic acids is 1. The van der Waals surface area contributed by atoms with Crippen LogP contribution in [0.4, 0.5) is 8.78 Å². The van der Waals surface area contributed by atoms with E-state index >= 15 is 0 Å². The molecular formula is C13H15F2NO3. The Kier molecular flexibility index (Phi) is 4.68. The first kappa shape index (κ1) is 13.7. The second kappa shape index (κ2) is 6.47. The van der Waals surface area contributed by atoms with Crippen molar-refractivity contribution >= 4 is 5.91 Å². The molecule has 0 aliphatic carbocycles. The molecule has 0 bridgehead atoms. The Morgan fingerprint density at radius 1 is 1.37 bits per heavy atom. The van der Waals surface area contributed by atoms with Gasteiger partial charge in [-0.05, 0) is 12.8 Å². The third-order valence-corrected chi connectivity index (χ3v) is 2.76. The van der Waals surface area contributed by atoms with Crippen molar-refractivity contribution in [2.75, 3.05) is 19.8 Å². The summed E-state index contributed by atoms with van der Waals surface area (Å²) in [5, 5.41) is 2.65. The van der Waals surface area contributed by atoms with E-state index in [1.54, 1.807) is 0 Å². The minimum absolute atomic E-state index is 0.00948. The molecule has 1 aliphatic rings. The molecule has 1 fully saturated rings. The van der Waals surface area contributed by atoms with Crippen LogP contribution in [-0.4, -0.2) is 31.8 Å². The highest BCUT2D eigenvalue weighted by Gasteiger charge is 2.16. The van der Waals surface area contributed by atoms with Crippen LogP contribution in [0.2, 0.25) is 0 Å². The third-order valence-electron chi connectivity index (χ3n) is 2.76. The van der Waals surface area contributed by atoms with E-state index in [0.29, 0.717) is 6.54 Å². The molecule has 0 radical (unpaired) electrons. The molecule has 4 nitrogen and oxygen atoms in total. The van der Waals surface area contributed by atoms with Gasteiger partial charge in [-0.25, -0.2) is 8.78 Å². The van der Waals surface area contributed by atoms with Gasteiger partial charge >= 0.3 is 0 Å². The van der Waals surface area contributed by atoms with Crippen LogP contribution in [0.3, 0.4) is 0 Å². The van der Waals surface area contributed by atoms with Crippen molar-refractivity contribution in [2.45, 2.75) is 18.9 Å². The van der Waals surface area contributed by atoms with E-state index < -0.39 is 11.6 Å². The molecule has 2 rings (SSSR count). The zero-order valence-electron chi connectivity index (χ0n) is 10.3. The van der Waals surface area contributed by atoms with Crippen LogP contribution >= 0.6 is 0 Å². The highest BCUT2D eigenvalue weighted by Crippen LogP contribution is 2.15. The van der Waals surface area contributed by atoms with Crippen LogP contribution in [0.25, 0.3) is 0 Å². The molecule has 1 unspecified atom stereocenters. The van der Waals surface area contributed by atoms with Gasteiger partial charge in [-0.15, -0.1) is 0 Å². The summed E-state index contributed by atoms with van der Waals surface area (Å²) < 4.78 is 36.1. The van der Waals surface area contributed by atoms with Crippen LogP contribution in [0.1, 0.15) is 12.8 Å². The van der Waals surface area contributed by atoms with E-state index in [1.807, 2.05) is 0 Å². The first-order valence-corrected chi connectivity index (χ1v) is 6.10. The smallest absolute Gasteiger partial charge is 0.258 e. The van der Waals surface area contributed by atoms with Crippen molar-refractivity contribution in [2.24, 2.45) is 0 Å². The van der Waals surface area contributed by atoms with E-state index in [0.717, 1.165) is 37.6 Å². The Balaban J connectivity index is 1.73. The normalized spacial score (nSPS) is 18.3. The van der Waals surface area contributed by atoms with Crippen molar-refractivity contribution in [3.63, 3.8) is 0 Å². The van der Waals surface area contributed by atoms with Crippen molar-refractivity contribution in [3.8, 4) is 5.75 Å². The van der Waals surface area contributed by atoms with Crippen LogP contribution in [0, 0.1) is 11.6 Å². The number of nitrogens with one attached hydrogen (secondary N) is 1. The van der Waals surface area contributed by atoms with Gasteiger partial charge in [0.05, 0.1) is 6.10 Å². The van der Waals surface area contributed by atoms with E-state index in [4.69, 9.17) is 9.47 Å². The second-order valence-corrected chi connectivity index (χ2v) is 4.33. The lowest BCUT2D eigenvalue weighted by Crippen LogP contribution is -2.35. The molecule has 1 atom stereocenters. The highest BCUT2D eigenvalue weighted by molar-refractivity contribution is 5.77. The minimum Gasteiger partial charge on any atom is -0.484 e. The molecular weight excluding hydrogens is 256 g/mol. The molecule has 1 aromatic carbocycles. The lowest BCUT2D eigenvalue weighted by atomic mass is 10.2. The molecule has 1 N–H and O–H groups in total. The van der Waals surface area contributed by atoms with Gasteiger partial charge in [-0.1, -0.05) is 0 Å². The zero-order chi connectivity index (χ0) is 13.7. The molecule has 0 saturated carbocycles. The number of benzene rings is 1. The molecule has 0 spiro atoms. The van der Waals surface area contributed by atoms with E-state index in [2.05, 4.69) is 5.32 Å². The summed E-state index contributed by atoms with van der Waals surface area (Å²) in [7, 11) is 0. The number of hydrogen-bond donors (Lipinski definition) is 1. The second-order valence-electron chi connectivity index (χ2n) is 4.33. The van der Waals surface area contributed by atoms with Crippen molar-refractivity contribution in [1.29, 1.82) is 0 Å². The summed E-state index contributed by atoms with van der Waals surface area (Å²) in [6.45, 7) is 0.870. The lowest BCUT2D eigenvalue weighted by molar-refractivity contribution is -0.123. The Labute approximate surface area is 109 Å². The van der Waals surface area contributed by atoms with Gasteiger partial charge < -0.3 is 14.8 Å². The summed E-state index contributed by atoms with van der Waals surface area (Å²) in [5.41, 5.74) is 0. The summed E-state index contributed by atoms with van der Waals surface area (Å²) in [4.78, 5) is 11.5. The third kappa shape index (κ3) is 4.48. The molecule has 0 aromatic heterocycles. The standard InChI is InChI=1S/C13H15F2NO3/c14-9-4-10(15)6-12(5-9)19-8-13(17)16-7-11-2-1-3-18-11/h4-6,11H,1-3,7-8H2,(H,16,17). The molecule has 1 aliphatic heterocycles. The average molecular weight is 271 g/mol. The molecule has 6 heteroatoms. The van der Waals surface area contributed by atoms with Crippen molar-refractivity contribution in [1.82, 2.24) is 5.32 Å². The highest BCUT2D eigenvalue weighted by atomic mass is 19.1. The molecule has 1 amide bonds. The molecule has 19 heavy (non-hydrogen) atoms. The number of carbonyl (C=O) groups is 1. The van der Waals surface area contributed by atoms with Gasteiger partial charge in [0.15, 0.2) is 6.61 Å². The number of halogens is 2. The first-order chi connectivity index (χ1) is 9.13. The monoisotopic (exact) mass is 271 g/mol. The number of ether oxygens (including phenoxy) is 2. The topological polar surface area (TPSA) is 47.6 Å². The predicted octanol–water partition coefficient (Wildman–Crippen LogP) is 1.64. The summed E-state index contributed by atoms with van der Waals surface area (Å²) in [6.07, 6.45) is 1.98. The van der Waals surface area contributed by atoms with E-state index in [9.17, 15) is 13.6 Å². The van der Waals surface area contributed by atoms with Crippen LogP contribution < -0.4 is 10.1 Å². The van der Waals surface area contributed by atoms with Gasteiger partial charge in [-0.2, -0.15) is 0 Å². The average Bonchev–Trinajstić information content (AvgIpc) is 2.86. The van der Waals surface area contributed by atoms with Crippen LogP contribution in [-0.2, 0) is 9.53 Å². The number of hydrogen-bond acceptors (Lipinski definition) is 3. The first-order valence-electron chi connectivity index (χ1n) is 6.10. The van der Waals surface area contributed by atoms with Gasteiger partial charge in [0.1, 0.15) is 17.4 Å². The van der Waals surface area contributed by atoms with Gasteiger partial charge in [-0.3, -0.25) is 4.79 Å². The quantitative estimate of drug-likeness (QED) is 0.885. The Morgan fingerprint density at radius 2 is 2.11 bits per heavy atom.